The predicted molar refractivity (Wildman–Crippen MR) is 61.1 cm³/mol. The molecule has 0 bridgehead atoms. The van der Waals surface area contributed by atoms with Crippen molar-refractivity contribution in [2.75, 3.05) is 20.2 Å². The third kappa shape index (κ3) is 1.73. The first kappa shape index (κ1) is 10.5. The molecule has 0 aromatic carbocycles. The molecule has 2 unspecified atom stereocenters. The van der Waals surface area contributed by atoms with Crippen LogP contribution in [0.2, 0.25) is 0 Å². The maximum absolute atomic E-state index is 9.22. The zero-order valence-electron chi connectivity index (χ0n) is 9.06. The summed E-state index contributed by atoms with van der Waals surface area (Å²) in [7, 11) is 2.03. The number of aliphatic hydroxyl groups excluding tert-OH is 1. The molecule has 2 aliphatic rings. The molecule has 0 fully saturated rings. The molecule has 2 atom stereocenters. The number of aliphatic hydroxyl groups is 1. The molecule has 3 nitrogen and oxygen atoms in total. The highest BCUT2D eigenvalue weighted by Gasteiger charge is 2.32. The molecule has 15 heavy (non-hydrogen) atoms. The third-order valence-electron chi connectivity index (χ3n) is 3.28. The van der Waals surface area contributed by atoms with Crippen LogP contribution in [-0.4, -0.2) is 36.2 Å². The molecule has 0 aromatic heterocycles. The second-order valence-corrected chi connectivity index (χ2v) is 4.11. The number of nitrogens with zero attached hydrogens (tertiary/aromatic N) is 1. The molecule has 1 aliphatic heterocycles. The lowest BCUT2D eigenvalue weighted by Gasteiger charge is -2.29. The Bertz CT molecular complexity index is 331. The van der Waals surface area contributed by atoms with E-state index in [-0.39, 0.29) is 6.61 Å². The Labute approximate surface area is 90.6 Å². The zero-order chi connectivity index (χ0) is 10.8. The summed E-state index contributed by atoms with van der Waals surface area (Å²) in [6.45, 7) is 0.808. The Morgan fingerprint density at radius 1 is 1.53 bits per heavy atom. The molecule has 3 N–H and O–H groups in total. The van der Waals surface area contributed by atoms with Crippen molar-refractivity contribution in [1.82, 2.24) is 4.90 Å². The van der Waals surface area contributed by atoms with E-state index in [0.717, 1.165) is 12.1 Å². The fraction of sp³-hybridized carbons (Fsp3) is 0.500. The van der Waals surface area contributed by atoms with Gasteiger partial charge in [0.15, 0.2) is 0 Å². The van der Waals surface area contributed by atoms with E-state index in [1.807, 2.05) is 7.05 Å². The van der Waals surface area contributed by atoms with Crippen LogP contribution in [0.15, 0.2) is 35.6 Å². The topological polar surface area (TPSA) is 49.5 Å². The fourth-order valence-corrected chi connectivity index (χ4v) is 2.42. The summed E-state index contributed by atoms with van der Waals surface area (Å²) in [5, 5.41) is 9.22. The van der Waals surface area contributed by atoms with Crippen LogP contribution in [0.25, 0.3) is 0 Å². The Morgan fingerprint density at radius 3 is 3.00 bits per heavy atom. The van der Waals surface area contributed by atoms with E-state index in [1.165, 1.54) is 5.57 Å². The molecule has 0 amide bonds. The number of hydrogen-bond acceptors (Lipinski definition) is 3. The van der Waals surface area contributed by atoms with Crippen molar-refractivity contribution >= 4 is 0 Å². The van der Waals surface area contributed by atoms with E-state index in [4.69, 9.17) is 5.73 Å². The molecule has 0 radical (unpaired) electrons. The molecule has 0 aromatic rings. The number of hydrogen-bond donors (Lipinski definition) is 2. The van der Waals surface area contributed by atoms with Crippen molar-refractivity contribution in [3.63, 3.8) is 0 Å². The highest BCUT2D eigenvalue weighted by molar-refractivity contribution is 5.35. The SMILES string of the molecule is CN1C(CO)=CC2C(CCN)=CC=CC21. The average Bonchev–Trinajstić information content (AvgIpc) is 2.58. The summed E-state index contributed by atoms with van der Waals surface area (Å²) >= 11 is 0. The van der Waals surface area contributed by atoms with Gasteiger partial charge in [-0.3, -0.25) is 0 Å². The smallest absolute Gasteiger partial charge is 0.0826 e. The molecule has 82 valence electrons. The monoisotopic (exact) mass is 206 g/mol. The molecular weight excluding hydrogens is 188 g/mol. The second kappa shape index (κ2) is 4.21. The molecule has 0 spiro atoms. The average molecular weight is 206 g/mol. The van der Waals surface area contributed by atoms with Gasteiger partial charge in [0.2, 0.25) is 0 Å². The Balaban J connectivity index is 2.23. The summed E-state index contributed by atoms with van der Waals surface area (Å²) in [5.74, 6) is 0.408. The summed E-state index contributed by atoms with van der Waals surface area (Å²) in [6, 6.07) is 0.374. The fourth-order valence-electron chi connectivity index (χ4n) is 2.42. The second-order valence-electron chi connectivity index (χ2n) is 4.11. The first-order valence-corrected chi connectivity index (χ1v) is 5.39. The lowest BCUT2D eigenvalue weighted by atomic mass is 9.87. The normalized spacial score (nSPS) is 28.9. The number of nitrogens with two attached hydrogens (primary N) is 1. The van der Waals surface area contributed by atoms with Gasteiger partial charge in [0.05, 0.1) is 12.6 Å². The first-order chi connectivity index (χ1) is 7.27. The number of fused-ring (bicyclic) bond motifs is 1. The van der Waals surface area contributed by atoms with Gasteiger partial charge in [0.1, 0.15) is 0 Å². The van der Waals surface area contributed by atoms with Crippen LogP contribution in [0.4, 0.5) is 0 Å². The number of rotatable bonds is 3. The van der Waals surface area contributed by atoms with Gasteiger partial charge in [-0.1, -0.05) is 29.9 Å². The molecular formula is C12H18N2O. The molecule has 1 heterocycles. The van der Waals surface area contributed by atoms with Crippen molar-refractivity contribution < 1.29 is 5.11 Å². The van der Waals surface area contributed by atoms with E-state index >= 15 is 0 Å². The van der Waals surface area contributed by atoms with Crippen LogP contribution in [0.1, 0.15) is 6.42 Å². The van der Waals surface area contributed by atoms with Crippen LogP contribution < -0.4 is 5.73 Å². The lowest BCUT2D eigenvalue weighted by Crippen LogP contribution is -2.32. The molecule has 0 saturated heterocycles. The van der Waals surface area contributed by atoms with E-state index in [1.54, 1.807) is 0 Å². The first-order valence-electron chi connectivity index (χ1n) is 5.39. The van der Waals surface area contributed by atoms with Crippen molar-refractivity contribution in [1.29, 1.82) is 0 Å². The van der Waals surface area contributed by atoms with E-state index in [2.05, 4.69) is 29.2 Å². The summed E-state index contributed by atoms with van der Waals surface area (Å²) in [5.41, 5.74) is 7.98. The van der Waals surface area contributed by atoms with Gasteiger partial charge >= 0.3 is 0 Å². The van der Waals surface area contributed by atoms with Crippen LogP contribution in [0.5, 0.6) is 0 Å². The van der Waals surface area contributed by atoms with E-state index < -0.39 is 0 Å². The standard InChI is InChI=1S/C12H18N2O/c1-14-10(8-15)7-11-9(5-6-13)3-2-4-12(11)14/h2-4,7,11-12,15H,5-6,8,13H2,1H3. The van der Waals surface area contributed by atoms with Gasteiger partial charge < -0.3 is 15.7 Å². The maximum Gasteiger partial charge on any atom is 0.0826 e. The predicted octanol–water partition coefficient (Wildman–Crippen LogP) is 0.638. The highest BCUT2D eigenvalue weighted by atomic mass is 16.3. The largest absolute Gasteiger partial charge is 0.390 e. The third-order valence-corrected chi connectivity index (χ3v) is 3.28. The minimum absolute atomic E-state index is 0.118. The van der Waals surface area contributed by atoms with Gasteiger partial charge in [-0.25, -0.2) is 0 Å². The van der Waals surface area contributed by atoms with Crippen LogP contribution in [-0.2, 0) is 0 Å². The Morgan fingerprint density at radius 2 is 2.33 bits per heavy atom. The van der Waals surface area contributed by atoms with Crippen molar-refractivity contribution in [2.45, 2.75) is 12.5 Å². The van der Waals surface area contributed by atoms with Crippen LogP contribution in [0, 0.1) is 5.92 Å². The Hall–Kier alpha value is -1.06. The van der Waals surface area contributed by atoms with Crippen molar-refractivity contribution in [3.8, 4) is 0 Å². The summed E-state index contributed by atoms with van der Waals surface area (Å²) in [6.07, 6.45) is 9.53. The van der Waals surface area contributed by atoms with Crippen molar-refractivity contribution in [3.05, 3.63) is 35.6 Å². The highest BCUT2D eigenvalue weighted by Crippen LogP contribution is 2.35. The summed E-state index contributed by atoms with van der Waals surface area (Å²) in [4.78, 5) is 2.14. The number of allylic oxidation sites excluding steroid dienone is 2. The minimum Gasteiger partial charge on any atom is -0.390 e. The maximum atomic E-state index is 9.22. The minimum atomic E-state index is 0.118. The van der Waals surface area contributed by atoms with Gasteiger partial charge in [-0.15, -0.1) is 0 Å². The lowest BCUT2D eigenvalue weighted by molar-refractivity contribution is 0.262. The van der Waals surface area contributed by atoms with Gasteiger partial charge in [-0.2, -0.15) is 0 Å². The molecule has 0 saturated carbocycles. The zero-order valence-corrected chi connectivity index (χ0v) is 9.06. The Kier molecular flexibility index (Phi) is 2.93. The van der Waals surface area contributed by atoms with E-state index in [0.29, 0.717) is 18.5 Å². The van der Waals surface area contributed by atoms with E-state index in [9.17, 15) is 5.11 Å². The van der Waals surface area contributed by atoms with Gasteiger partial charge in [0, 0.05) is 18.7 Å². The van der Waals surface area contributed by atoms with Crippen LogP contribution >= 0.6 is 0 Å². The molecule has 2 rings (SSSR count). The van der Waals surface area contributed by atoms with Crippen molar-refractivity contribution in [2.24, 2.45) is 11.7 Å². The van der Waals surface area contributed by atoms with Gasteiger partial charge in [0.25, 0.3) is 0 Å². The quantitative estimate of drug-likeness (QED) is 0.712. The van der Waals surface area contributed by atoms with Crippen LogP contribution in [0.3, 0.4) is 0 Å². The summed E-state index contributed by atoms with van der Waals surface area (Å²) < 4.78 is 0. The van der Waals surface area contributed by atoms with Gasteiger partial charge in [-0.05, 0) is 13.0 Å². The number of likely N-dealkylation sites (N-methyl/N-ethyl adjacent to an activating group) is 1. The molecule has 3 heteroatoms. The molecule has 1 aliphatic carbocycles.